The second-order valence-corrected chi connectivity index (χ2v) is 6.69. The van der Waals surface area contributed by atoms with Gasteiger partial charge < -0.3 is 10.6 Å². The Balaban J connectivity index is 0.00000176. The lowest BCUT2D eigenvalue weighted by Gasteiger charge is -2.25. The lowest BCUT2D eigenvalue weighted by molar-refractivity contribution is -0.123. The molecule has 4 N–H and O–H groups in total. The first kappa shape index (κ1) is 17.7. The van der Waals surface area contributed by atoms with Crippen molar-refractivity contribution in [2.45, 2.75) is 35.8 Å². The smallest absolute Gasteiger partial charge is 0.239 e. The standard InChI is InChI=1S/C15H21BrN4O.ClH/c16-12-13(10-4-2-1-3-5-10)19-20-14(12)15(21)18-11-6-8-17-9-7-11;/h1-5,11-14,17,19-20H,6-9H2,(H,18,21);1H. The molecule has 0 radical (unpaired) electrons. The summed E-state index contributed by atoms with van der Waals surface area (Å²) in [6.45, 7) is 1.96. The third kappa shape index (κ3) is 4.00. The summed E-state index contributed by atoms with van der Waals surface area (Å²) >= 11 is 3.68. The fourth-order valence-corrected chi connectivity index (χ4v) is 3.74. The summed E-state index contributed by atoms with van der Waals surface area (Å²) in [6, 6.07) is 10.3. The van der Waals surface area contributed by atoms with Gasteiger partial charge in [-0.05, 0) is 31.5 Å². The summed E-state index contributed by atoms with van der Waals surface area (Å²) < 4.78 is 0. The maximum Gasteiger partial charge on any atom is 0.239 e. The van der Waals surface area contributed by atoms with Crippen molar-refractivity contribution in [2.75, 3.05) is 13.1 Å². The second-order valence-electron chi connectivity index (χ2n) is 5.63. The molecule has 2 saturated heterocycles. The average Bonchev–Trinajstić information content (AvgIpc) is 2.91. The van der Waals surface area contributed by atoms with Crippen LogP contribution in [-0.4, -0.2) is 35.9 Å². The van der Waals surface area contributed by atoms with Crippen LogP contribution in [0.4, 0.5) is 0 Å². The molecule has 1 amide bonds. The zero-order valence-corrected chi connectivity index (χ0v) is 14.6. The van der Waals surface area contributed by atoms with E-state index in [0.717, 1.165) is 25.9 Å². The third-order valence-electron chi connectivity index (χ3n) is 4.16. The predicted molar refractivity (Wildman–Crippen MR) is 93.2 cm³/mol. The van der Waals surface area contributed by atoms with Crippen molar-refractivity contribution in [1.29, 1.82) is 0 Å². The Hall–Kier alpha value is -0.660. The highest BCUT2D eigenvalue weighted by Crippen LogP contribution is 2.28. The number of alkyl halides is 1. The summed E-state index contributed by atoms with van der Waals surface area (Å²) in [6.07, 6.45) is 2.00. The van der Waals surface area contributed by atoms with Crippen molar-refractivity contribution in [1.82, 2.24) is 21.5 Å². The van der Waals surface area contributed by atoms with E-state index in [0.29, 0.717) is 0 Å². The van der Waals surface area contributed by atoms with Crippen molar-refractivity contribution < 1.29 is 4.79 Å². The Morgan fingerprint density at radius 2 is 1.82 bits per heavy atom. The maximum atomic E-state index is 12.4. The molecule has 1 aromatic carbocycles. The summed E-state index contributed by atoms with van der Waals surface area (Å²) in [5, 5.41) is 6.46. The van der Waals surface area contributed by atoms with Gasteiger partial charge in [0.05, 0.1) is 10.9 Å². The first-order chi connectivity index (χ1) is 10.3. The third-order valence-corrected chi connectivity index (χ3v) is 5.22. The Kier molecular flexibility index (Phi) is 6.65. The summed E-state index contributed by atoms with van der Waals surface area (Å²) in [7, 11) is 0. The van der Waals surface area contributed by atoms with Gasteiger partial charge in [-0.25, -0.2) is 10.9 Å². The molecule has 7 heteroatoms. The van der Waals surface area contributed by atoms with Crippen molar-refractivity contribution in [3.63, 3.8) is 0 Å². The van der Waals surface area contributed by atoms with E-state index in [1.807, 2.05) is 18.2 Å². The van der Waals surface area contributed by atoms with E-state index in [1.165, 1.54) is 5.56 Å². The van der Waals surface area contributed by atoms with Crippen LogP contribution in [0, 0.1) is 0 Å². The molecule has 0 aromatic heterocycles. The molecule has 0 bridgehead atoms. The lowest BCUT2D eigenvalue weighted by Crippen LogP contribution is -2.51. The fourth-order valence-electron chi connectivity index (χ4n) is 2.93. The number of amides is 1. The van der Waals surface area contributed by atoms with Crippen molar-refractivity contribution >= 4 is 34.2 Å². The van der Waals surface area contributed by atoms with Gasteiger partial charge in [-0.1, -0.05) is 46.3 Å². The van der Waals surface area contributed by atoms with Gasteiger partial charge in [-0.3, -0.25) is 4.79 Å². The number of carbonyl (C=O) groups is 1. The zero-order chi connectivity index (χ0) is 14.7. The van der Waals surface area contributed by atoms with E-state index < -0.39 is 0 Å². The molecule has 122 valence electrons. The molecular formula is C15H22BrClN4O. The topological polar surface area (TPSA) is 65.2 Å². The van der Waals surface area contributed by atoms with E-state index in [4.69, 9.17) is 0 Å². The van der Waals surface area contributed by atoms with Crippen LogP contribution in [0.1, 0.15) is 24.4 Å². The number of hydrazine groups is 1. The SMILES string of the molecule is Cl.O=C(NC1CCNCC1)C1NNC(c2ccccc2)C1Br. The highest BCUT2D eigenvalue weighted by Gasteiger charge is 2.39. The number of carbonyl (C=O) groups excluding carboxylic acids is 1. The van der Waals surface area contributed by atoms with Crippen LogP contribution in [0.15, 0.2) is 30.3 Å². The van der Waals surface area contributed by atoms with E-state index >= 15 is 0 Å². The van der Waals surface area contributed by atoms with Gasteiger partial charge in [0.1, 0.15) is 6.04 Å². The number of rotatable bonds is 3. The van der Waals surface area contributed by atoms with E-state index in [2.05, 4.69) is 49.5 Å². The summed E-state index contributed by atoms with van der Waals surface area (Å²) in [4.78, 5) is 12.5. The minimum absolute atomic E-state index is 0. The van der Waals surface area contributed by atoms with Crippen LogP contribution in [-0.2, 0) is 4.79 Å². The molecular weight excluding hydrogens is 368 g/mol. The second kappa shape index (κ2) is 8.26. The minimum Gasteiger partial charge on any atom is -0.352 e. The first-order valence-corrected chi connectivity index (χ1v) is 8.38. The van der Waals surface area contributed by atoms with Gasteiger partial charge in [0.2, 0.25) is 5.91 Å². The quantitative estimate of drug-likeness (QED) is 0.588. The molecule has 3 atom stereocenters. The molecule has 2 fully saturated rings. The van der Waals surface area contributed by atoms with Gasteiger partial charge in [0.15, 0.2) is 0 Å². The number of nitrogens with one attached hydrogen (secondary N) is 4. The van der Waals surface area contributed by atoms with Gasteiger partial charge in [0.25, 0.3) is 0 Å². The molecule has 3 rings (SSSR count). The molecule has 1 aromatic rings. The molecule has 0 spiro atoms. The Labute approximate surface area is 145 Å². The van der Waals surface area contributed by atoms with Crippen LogP contribution >= 0.6 is 28.3 Å². The minimum atomic E-state index is -0.259. The van der Waals surface area contributed by atoms with Crippen LogP contribution in [0.3, 0.4) is 0 Å². The molecule has 0 saturated carbocycles. The number of piperidine rings is 1. The maximum absolute atomic E-state index is 12.4. The number of hydrogen-bond acceptors (Lipinski definition) is 4. The lowest BCUT2D eigenvalue weighted by atomic mass is 10.0. The molecule has 5 nitrogen and oxygen atoms in total. The van der Waals surface area contributed by atoms with Crippen molar-refractivity contribution in [3.8, 4) is 0 Å². The highest BCUT2D eigenvalue weighted by molar-refractivity contribution is 9.09. The summed E-state index contributed by atoms with van der Waals surface area (Å²) in [5.74, 6) is 0.0645. The van der Waals surface area contributed by atoms with Gasteiger partial charge in [-0.15, -0.1) is 12.4 Å². The highest BCUT2D eigenvalue weighted by atomic mass is 79.9. The van der Waals surface area contributed by atoms with E-state index in [1.54, 1.807) is 0 Å². The molecule has 0 aliphatic carbocycles. The van der Waals surface area contributed by atoms with Crippen molar-refractivity contribution in [3.05, 3.63) is 35.9 Å². The zero-order valence-electron chi connectivity index (χ0n) is 12.2. The van der Waals surface area contributed by atoms with E-state index in [-0.39, 0.29) is 41.3 Å². The van der Waals surface area contributed by atoms with Crippen LogP contribution in [0.5, 0.6) is 0 Å². The van der Waals surface area contributed by atoms with Gasteiger partial charge >= 0.3 is 0 Å². The normalized spacial score (nSPS) is 28.9. The molecule has 3 unspecified atom stereocenters. The van der Waals surface area contributed by atoms with Crippen LogP contribution in [0.25, 0.3) is 0 Å². The average molecular weight is 390 g/mol. The number of hydrogen-bond donors (Lipinski definition) is 4. The Morgan fingerprint density at radius 1 is 1.14 bits per heavy atom. The molecule has 2 aliphatic rings. The monoisotopic (exact) mass is 388 g/mol. The van der Waals surface area contributed by atoms with E-state index in [9.17, 15) is 4.79 Å². The number of halogens is 2. The van der Waals surface area contributed by atoms with Crippen LogP contribution < -0.4 is 21.5 Å². The van der Waals surface area contributed by atoms with Crippen LogP contribution in [0.2, 0.25) is 0 Å². The fraction of sp³-hybridized carbons (Fsp3) is 0.533. The molecule has 22 heavy (non-hydrogen) atoms. The largest absolute Gasteiger partial charge is 0.352 e. The van der Waals surface area contributed by atoms with Gasteiger partial charge in [-0.2, -0.15) is 0 Å². The van der Waals surface area contributed by atoms with Crippen molar-refractivity contribution in [2.24, 2.45) is 0 Å². The summed E-state index contributed by atoms with van der Waals surface area (Å²) in [5.41, 5.74) is 7.51. The Bertz CT molecular complexity index is 484. The Morgan fingerprint density at radius 3 is 2.50 bits per heavy atom. The van der Waals surface area contributed by atoms with Gasteiger partial charge in [0, 0.05) is 6.04 Å². The first-order valence-electron chi connectivity index (χ1n) is 7.47. The predicted octanol–water partition coefficient (Wildman–Crippen LogP) is 1.26. The molecule has 2 aliphatic heterocycles. The molecule has 2 heterocycles. The number of benzene rings is 1.